The Morgan fingerprint density at radius 1 is 1.21 bits per heavy atom. The second kappa shape index (κ2) is 8.95. The summed E-state index contributed by atoms with van der Waals surface area (Å²) in [5, 5.41) is 3.28. The van der Waals surface area contributed by atoms with E-state index < -0.39 is 33.4 Å². The zero-order chi connectivity index (χ0) is 23.8. The minimum absolute atomic E-state index is 0.165. The number of rotatable bonds is 5. The smallest absolute Gasteiger partial charge is 0.365 e. The number of nitrogens with zero attached hydrogens (tertiary/aromatic N) is 3. The zero-order valence-electron chi connectivity index (χ0n) is 17.2. The van der Waals surface area contributed by atoms with E-state index in [1.165, 1.54) is 11.8 Å². The Labute approximate surface area is 192 Å². The van der Waals surface area contributed by atoms with E-state index in [0.717, 1.165) is 22.7 Å². The van der Waals surface area contributed by atoms with Gasteiger partial charge in [0, 0.05) is 30.7 Å². The molecule has 0 bridgehead atoms. The van der Waals surface area contributed by atoms with Gasteiger partial charge in [0.2, 0.25) is 0 Å². The summed E-state index contributed by atoms with van der Waals surface area (Å²) in [7, 11) is -2.93. The highest BCUT2D eigenvalue weighted by Crippen LogP contribution is 2.44. The summed E-state index contributed by atoms with van der Waals surface area (Å²) in [6.07, 6.45) is -3.05. The number of hydrogen-bond acceptors (Lipinski definition) is 8. The van der Waals surface area contributed by atoms with Crippen LogP contribution in [0.15, 0.2) is 40.4 Å². The van der Waals surface area contributed by atoms with E-state index in [1.54, 1.807) is 0 Å². The molecule has 0 unspecified atom stereocenters. The third-order valence-electron chi connectivity index (χ3n) is 5.30. The van der Waals surface area contributed by atoms with Crippen molar-refractivity contribution in [3.63, 3.8) is 0 Å². The summed E-state index contributed by atoms with van der Waals surface area (Å²) < 4.78 is 62.2. The average molecular weight is 500 g/mol. The van der Waals surface area contributed by atoms with E-state index in [-0.39, 0.29) is 22.1 Å². The van der Waals surface area contributed by atoms with Gasteiger partial charge in [0.05, 0.1) is 22.2 Å². The number of sulfone groups is 1. The molecule has 13 heteroatoms. The third-order valence-corrected chi connectivity index (χ3v) is 7.98. The summed E-state index contributed by atoms with van der Waals surface area (Å²) in [6.45, 7) is 1.73. The standard InChI is InChI=1S/C20H20F3N5O3S2/c21-20(22,23)15-3-5-25-18(27-15)16(17(24)29)19-26-13-2-1-12(11-14(13)32-19)4-6-28-7-9-33(30,31)10-8-28/h1-3,5,11,26H,4,6-10H2,(H2,24,29). The number of aromatic nitrogens is 2. The number of halogens is 3. The molecule has 1 saturated heterocycles. The number of fused-ring (bicyclic) bond motifs is 1. The Bertz CT molecular complexity index is 1220. The fourth-order valence-electron chi connectivity index (χ4n) is 3.50. The maximum atomic E-state index is 13.0. The molecule has 0 spiro atoms. The van der Waals surface area contributed by atoms with Gasteiger partial charge in [-0.25, -0.2) is 18.4 Å². The van der Waals surface area contributed by atoms with Gasteiger partial charge in [0.1, 0.15) is 11.3 Å². The van der Waals surface area contributed by atoms with Crippen LogP contribution in [0.25, 0.3) is 5.57 Å². The average Bonchev–Trinajstić information content (AvgIpc) is 3.15. The molecular weight excluding hydrogens is 479 g/mol. The van der Waals surface area contributed by atoms with Crippen molar-refractivity contribution in [2.45, 2.75) is 17.5 Å². The van der Waals surface area contributed by atoms with Crippen molar-refractivity contribution >= 4 is 38.8 Å². The van der Waals surface area contributed by atoms with Crippen LogP contribution in [-0.4, -0.2) is 60.3 Å². The number of nitrogens with two attached hydrogens (primary N) is 1. The zero-order valence-corrected chi connectivity index (χ0v) is 18.9. The quantitative estimate of drug-likeness (QED) is 0.601. The maximum absolute atomic E-state index is 13.0. The van der Waals surface area contributed by atoms with Crippen molar-refractivity contribution < 1.29 is 26.4 Å². The van der Waals surface area contributed by atoms with Gasteiger partial charge in [-0.15, -0.1) is 0 Å². The van der Waals surface area contributed by atoms with Gasteiger partial charge < -0.3 is 16.0 Å². The Morgan fingerprint density at radius 3 is 2.61 bits per heavy atom. The van der Waals surface area contributed by atoms with E-state index in [2.05, 4.69) is 20.2 Å². The highest BCUT2D eigenvalue weighted by atomic mass is 32.2. The third kappa shape index (κ3) is 5.47. The molecule has 2 aromatic rings. The second-order valence-electron chi connectivity index (χ2n) is 7.63. The molecule has 1 aromatic heterocycles. The first-order valence-corrected chi connectivity index (χ1v) is 12.6. The first-order chi connectivity index (χ1) is 15.5. The lowest BCUT2D eigenvalue weighted by Gasteiger charge is -2.26. The number of nitrogens with one attached hydrogen (secondary N) is 1. The largest absolute Gasteiger partial charge is 0.433 e. The SMILES string of the molecule is NC(=O)C(=C1Nc2ccc(CCN3CCS(=O)(=O)CC3)cc2S1)c1nccc(C(F)(F)F)n1. The van der Waals surface area contributed by atoms with Crippen LogP contribution in [0.4, 0.5) is 18.9 Å². The van der Waals surface area contributed by atoms with Crippen LogP contribution >= 0.6 is 11.8 Å². The lowest BCUT2D eigenvalue weighted by molar-refractivity contribution is -0.141. The van der Waals surface area contributed by atoms with E-state index in [0.29, 0.717) is 31.7 Å². The number of amides is 1. The monoisotopic (exact) mass is 499 g/mol. The van der Waals surface area contributed by atoms with Crippen molar-refractivity contribution in [1.82, 2.24) is 14.9 Å². The van der Waals surface area contributed by atoms with Crippen molar-refractivity contribution in [3.8, 4) is 0 Å². The predicted octanol–water partition coefficient (Wildman–Crippen LogP) is 2.14. The number of carbonyl (C=O) groups is 1. The van der Waals surface area contributed by atoms with E-state index >= 15 is 0 Å². The first kappa shape index (κ1) is 23.5. The fourth-order valence-corrected chi connectivity index (χ4v) is 5.89. The van der Waals surface area contributed by atoms with Crippen LogP contribution < -0.4 is 11.1 Å². The summed E-state index contributed by atoms with van der Waals surface area (Å²) in [4.78, 5) is 22.3. The molecule has 8 nitrogen and oxygen atoms in total. The molecule has 0 saturated carbocycles. The number of carbonyl (C=O) groups excluding carboxylic acids is 1. The molecule has 4 rings (SSSR count). The first-order valence-electron chi connectivity index (χ1n) is 9.97. The number of alkyl halides is 3. The van der Waals surface area contributed by atoms with Crippen LogP contribution in [0, 0.1) is 0 Å². The maximum Gasteiger partial charge on any atom is 0.433 e. The number of benzene rings is 1. The Balaban J connectivity index is 1.52. The topological polar surface area (TPSA) is 118 Å². The van der Waals surface area contributed by atoms with Crippen molar-refractivity contribution in [2.75, 3.05) is 36.5 Å². The van der Waals surface area contributed by atoms with Crippen molar-refractivity contribution in [1.29, 1.82) is 0 Å². The second-order valence-corrected chi connectivity index (χ2v) is 11.0. The Hall–Kier alpha value is -2.64. The summed E-state index contributed by atoms with van der Waals surface area (Å²) in [6, 6.07) is 6.37. The summed E-state index contributed by atoms with van der Waals surface area (Å²) >= 11 is 1.17. The van der Waals surface area contributed by atoms with Gasteiger partial charge in [-0.1, -0.05) is 17.8 Å². The molecule has 176 valence electrons. The van der Waals surface area contributed by atoms with E-state index in [9.17, 15) is 26.4 Å². The predicted molar refractivity (Wildman–Crippen MR) is 118 cm³/mol. The van der Waals surface area contributed by atoms with Crippen LogP contribution in [0.5, 0.6) is 0 Å². The lowest BCUT2D eigenvalue weighted by atomic mass is 10.1. The van der Waals surface area contributed by atoms with Crippen LogP contribution in [0.2, 0.25) is 0 Å². The van der Waals surface area contributed by atoms with Gasteiger partial charge in [-0.2, -0.15) is 13.2 Å². The van der Waals surface area contributed by atoms with Gasteiger partial charge in [0.25, 0.3) is 5.91 Å². The number of primary amides is 1. The molecule has 33 heavy (non-hydrogen) atoms. The fraction of sp³-hybridized carbons (Fsp3) is 0.350. The van der Waals surface area contributed by atoms with Crippen molar-refractivity contribution in [2.24, 2.45) is 5.73 Å². The lowest BCUT2D eigenvalue weighted by Crippen LogP contribution is -2.41. The minimum atomic E-state index is -4.68. The molecule has 2 aliphatic heterocycles. The van der Waals surface area contributed by atoms with Gasteiger partial charge in [-0.3, -0.25) is 4.79 Å². The molecule has 0 radical (unpaired) electrons. The van der Waals surface area contributed by atoms with E-state index in [4.69, 9.17) is 5.73 Å². The highest BCUT2D eigenvalue weighted by molar-refractivity contribution is 8.04. The highest BCUT2D eigenvalue weighted by Gasteiger charge is 2.34. The van der Waals surface area contributed by atoms with E-state index in [1.807, 2.05) is 18.2 Å². The molecule has 2 aliphatic rings. The normalized spacial score (nSPS) is 19.6. The summed E-state index contributed by atoms with van der Waals surface area (Å²) in [5.41, 5.74) is 5.77. The molecule has 1 aromatic carbocycles. The molecule has 3 heterocycles. The summed E-state index contributed by atoms with van der Waals surface area (Å²) in [5.74, 6) is -1.02. The van der Waals surface area contributed by atoms with Crippen LogP contribution in [0.3, 0.4) is 0 Å². The number of anilines is 1. The molecular formula is C20H20F3N5O3S2. The molecule has 1 fully saturated rings. The van der Waals surface area contributed by atoms with Gasteiger partial charge >= 0.3 is 6.18 Å². The number of thioether (sulfide) groups is 1. The molecule has 1 amide bonds. The van der Waals surface area contributed by atoms with Gasteiger partial charge in [-0.05, 0) is 30.2 Å². The van der Waals surface area contributed by atoms with Crippen LogP contribution in [0.1, 0.15) is 17.1 Å². The molecule has 3 N–H and O–H groups in total. The van der Waals surface area contributed by atoms with Crippen LogP contribution in [-0.2, 0) is 27.2 Å². The van der Waals surface area contributed by atoms with Crippen molar-refractivity contribution in [3.05, 3.63) is 52.6 Å². The van der Waals surface area contributed by atoms with Gasteiger partial charge in [0.15, 0.2) is 15.7 Å². The minimum Gasteiger partial charge on any atom is -0.365 e. The Morgan fingerprint density at radius 2 is 1.94 bits per heavy atom. The molecule has 0 aliphatic carbocycles. The Kier molecular flexibility index (Phi) is 6.38. The molecule has 0 atom stereocenters. The number of hydrogen-bond donors (Lipinski definition) is 2.